The van der Waals surface area contributed by atoms with Gasteiger partial charge in [0, 0.05) is 56.2 Å². The molecular formula is C22H30N8O. The number of likely N-dealkylation sites (tertiary alicyclic amines) is 1. The summed E-state index contributed by atoms with van der Waals surface area (Å²) in [5.41, 5.74) is 9.54. The minimum Gasteiger partial charge on any atom is -0.355 e. The number of nitrogens with two attached hydrogens (primary N) is 1. The molecule has 31 heavy (non-hydrogen) atoms. The number of aromatic nitrogens is 5. The van der Waals surface area contributed by atoms with E-state index < -0.39 is 0 Å². The quantitative estimate of drug-likeness (QED) is 0.692. The Morgan fingerprint density at radius 3 is 2.90 bits per heavy atom. The predicted molar refractivity (Wildman–Crippen MR) is 118 cm³/mol. The molecule has 3 aromatic rings. The average molecular weight is 423 g/mol. The Kier molecular flexibility index (Phi) is 5.13. The van der Waals surface area contributed by atoms with Gasteiger partial charge in [-0.05, 0) is 45.6 Å². The molecule has 2 saturated heterocycles. The van der Waals surface area contributed by atoms with E-state index in [9.17, 15) is 4.79 Å². The molecule has 2 fully saturated rings. The largest absolute Gasteiger partial charge is 0.355 e. The zero-order valence-electron chi connectivity index (χ0n) is 18.2. The van der Waals surface area contributed by atoms with Crippen molar-refractivity contribution in [3.05, 3.63) is 41.5 Å². The lowest BCUT2D eigenvalue weighted by Gasteiger charge is -2.34. The number of nitrogens with zero attached hydrogens (tertiary/aromatic N) is 7. The van der Waals surface area contributed by atoms with Crippen molar-refractivity contribution in [2.45, 2.75) is 58.2 Å². The van der Waals surface area contributed by atoms with Crippen molar-refractivity contribution in [2.75, 3.05) is 24.5 Å². The van der Waals surface area contributed by atoms with E-state index >= 15 is 0 Å². The van der Waals surface area contributed by atoms with Crippen LogP contribution >= 0.6 is 0 Å². The first-order valence-electron chi connectivity index (χ1n) is 11.3. The fraction of sp³-hybridized carbons (Fsp3) is 0.545. The van der Waals surface area contributed by atoms with E-state index in [1.54, 1.807) is 16.9 Å². The summed E-state index contributed by atoms with van der Waals surface area (Å²) >= 11 is 0. The summed E-state index contributed by atoms with van der Waals surface area (Å²) < 4.78 is 3.60. The third-order valence-electron chi connectivity index (χ3n) is 6.49. The molecular weight excluding hydrogens is 392 g/mol. The molecule has 0 spiro atoms. The molecule has 0 aliphatic carbocycles. The monoisotopic (exact) mass is 422 g/mol. The molecule has 0 radical (unpaired) electrons. The Morgan fingerprint density at radius 2 is 2.13 bits per heavy atom. The molecule has 2 aliphatic rings. The molecule has 0 aromatic carbocycles. The molecule has 2 atom stereocenters. The number of anilines is 1. The number of piperidine rings is 1. The number of rotatable bonds is 4. The highest BCUT2D eigenvalue weighted by atomic mass is 16.2. The molecule has 5 heterocycles. The van der Waals surface area contributed by atoms with E-state index in [-0.39, 0.29) is 18.0 Å². The van der Waals surface area contributed by atoms with Crippen LogP contribution in [-0.4, -0.2) is 60.9 Å². The molecule has 9 heteroatoms. The van der Waals surface area contributed by atoms with Crippen molar-refractivity contribution in [2.24, 2.45) is 5.73 Å². The Morgan fingerprint density at radius 1 is 1.26 bits per heavy atom. The van der Waals surface area contributed by atoms with Gasteiger partial charge in [-0.15, -0.1) is 0 Å². The molecule has 2 unspecified atom stereocenters. The summed E-state index contributed by atoms with van der Waals surface area (Å²) in [5.74, 6) is 1.01. The van der Waals surface area contributed by atoms with Gasteiger partial charge in [-0.25, -0.2) is 9.50 Å². The highest BCUT2D eigenvalue weighted by molar-refractivity contribution is 5.93. The summed E-state index contributed by atoms with van der Waals surface area (Å²) in [5, 5.41) is 9.10. The number of carbonyl (C=O) groups is 1. The summed E-state index contributed by atoms with van der Waals surface area (Å²) in [6, 6.07) is 3.99. The maximum Gasteiger partial charge on any atom is 0.272 e. The van der Waals surface area contributed by atoms with E-state index in [0.717, 1.165) is 68.0 Å². The normalized spacial score (nSPS) is 21.9. The van der Waals surface area contributed by atoms with Crippen LogP contribution in [0.5, 0.6) is 0 Å². The van der Waals surface area contributed by atoms with Crippen molar-refractivity contribution in [1.29, 1.82) is 0 Å². The molecule has 2 N–H and O–H groups in total. The molecule has 3 aromatic heterocycles. The second-order valence-corrected chi connectivity index (χ2v) is 8.66. The molecule has 0 bridgehead atoms. The third kappa shape index (κ3) is 3.56. The first kappa shape index (κ1) is 20.0. The maximum atomic E-state index is 13.3. The van der Waals surface area contributed by atoms with E-state index in [0.29, 0.717) is 12.2 Å². The lowest BCUT2D eigenvalue weighted by molar-refractivity contribution is 0.0593. The number of aryl methyl sites for hydroxylation is 2. The van der Waals surface area contributed by atoms with Gasteiger partial charge in [-0.2, -0.15) is 10.2 Å². The SMILES string of the molecule is CCn1nccc1C(=O)N1CCCCC1c1cc2nc(N3CCC(N)C3)c(C)cn2n1. The van der Waals surface area contributed by atoms with Crippen molar-refractivity contribution in [3.63, 3.8) is 0 Å². The second-order valence-electron chi connectivity index (χ2n) is 8.66. The smallest absolute Gasteiger partial charge is 0.272 e. The van der Waals surface area contributed by atoms with E-state index in [1.165, 1.54) is 0 Å². The Balaban J connectivity index is 1.47. The minimum atomic E-state index is -0.0490. The van der Waals surface area contributed by atoms with Crippen LogP contribution in [0, 0.1) is 6.92 Å². The zero-order chi connectivity index (χ0) is 21.5. The van der Waals surface area contributed by atoms with Gasteiger partial charge in [-0.3, -0.25) is 9.48 Å². The van der Waals surface area contributed by atoms with E-state index in [1.807, 2.05) is 28.6 Å². The number of amides is 1. The second kappa shape index (κ2) is 7.96. The van der Waals surface area contributed by atoms with Gasteiger partial charge in [0.25, 0.3) is 5.91 Å². The van der Waals surface area contributed by atoms with Crippen LogP contribution in [0.4, 0.5) is 5.82 Å². The number of hydrogen-bond donors (Lipinski definition) is 1. The zero-order valence-corrected chi connectivity index (χ0v) is 18.2. The van der Waals surface area contributed by atoms with Gasteiger partial charge in [0.2, 0.25) is 0 Å². The summed E-state index contributed by atoms with van der Waals surface area (Å²) in [6.45, 7) is 7.24. The molecule has 5 rings (SSSR count). The molecule has 2 aliphatic heterocycles. The van der Waals surface area contributed by atoms with Gasteiger partial charge in [0.15, 0.2) is 5.65 Å². The highest BCUT2D eigenvalue weighted by Crippen LogP contribution is 2.32. The fourth-order valence-electron chi connectivity index (χ4n) is 4.88. The maximum absolute atomic E-state index is 13.3. The highest BCUT2D eigenvalue weighted by Gasteiger charge is 2.32. The van der Waals surface area contributed by atoms with Crippen molar-refractivity contribution >= 4 is 17.4 Å². The van der Waals surface area contributed by atoms with Gasteiger partial charge in [0.1, 0.15) is 11.5 Å². The van der Waals surface area contributed by atoms with Crippen LogP contribution < -0.4 is 10.6 Å². The number of carbonyl (C=O) groups excluding carboxylic acids is 1. The van der Waals surface area contributed by atoms with E-state index in [4.69, 9.17) is 15.8 Å². The molecule has 0 saturated carbocycles. The van der Waals surface area contributed by atoms with E-state index in [2.05, 4.69) is 16.9 Å². The standard InChI is InChI=1S/C22H30N8O/c1-3-29-19(7-9-24-29)22(31)28-10-5-4-6-18(28)17-12-20-25-21(15(2)13-30(20)26-17)27-11-8-16(23)14-27/h7,9,12-13,16,18H,3-6,8,10-11,14,23H2,1-2H3. The predicted octanol–water partition coefficient (Wildman–Crippen LogP) is 2.16. The van der Waals surface area contributed by atoms with Crippen LogP contribution in [0.1, 0.15) is 60.4 Å². The lowest BCUT2D eigenvalue weighted by atomic mass is 9.99. The van der Waals surface area contributed by atoms with Crippen LogP contribution in [-0.2, 0) is 6.54 Å². The average Bonchev–Trinajstić information content (AvgIpc) is 3.51. The number of fused-ring (bicyclic) bond motifs is 1. The minimum absolute atomic E-state index is 0.0250. The van der Waals surface area contributed by atoms with Crippen LogP contribution in [0.15, 0.2) is 24.5 Å². The van der Waals surface area contributed by atoms with Gasteiger partial charge < -0.3 is 15.5 Å². The first-order valence-corrected chi connectivity index (χ1v) is 11.3. The lowest BCUT2D eigenvalue weighted by Crippen LogP contribution is -2.39. The molecule has 9 nitrogen and oxygen atoms in total. The van der Waals surface area contributed by atoms with Crippen molar-refractivity contribution in [3.8, 4) is 0 Å². The first-order chi connectivity index (χ1) is 15.0. The van der Waals surface area contributed by atoms with Crippen LogP contribution in [0.25, 0.3) is 5.65 Å². The summed E-state index contributed by atoms with van der Waals surface area (Å²) in [7, 11) is 0. The topological polar surface area (TPSA) is 97.6 Å². The number of hydrogen-bond acceptors (Lipinski definition) is 6. The van der Waals surface area contributed by atoms with Crippen molar-refractivity contribution in [1.82, 2.24) is 29.3 Å². The Labute approximate surface area is 181 Å². The van der Waals surface area contributed by atoms with Gasteiger partial charge in [0.05, 0.1) is 11.7 Å². The summed E-state index contributed by atoms with van der Waals surface area (Å²) in [4.78, 5) is 22.5. The third-order valence-corrected chi connectivity index (χ3v) is 6.49. The fourth-order valence-corrected chi connectivity index (χ4v) is 4.88. The van der Waals surface area contributed by atoms with Crippen molar-refractivity contribution < 1.29 is 4.79 Å². The van der Waals surface area contributed by atoms with Gasteiger partial charge >= 0.3 is 0 Å². The van der Waals surface area contributed by atoms with Crippen LogP contribution in [0.2, 0.25) is 0 Å². The van der Waals surface area contributed by atoms with Crippen LogP contribution in [0.3, 0.4) is 0 Å². The Bertz CT molecular complexity index is 1100. The van der Waals surface area contributed by atoms with Gasteiger partial charge in [-0.1, -0.05) is 0 Å². The molecule has 164 valence electrons. The Hall–Kier alpha value is -2.94. The molecule has 1 amide bonds. The summed E-state index contributed by atoms with van der Waals surface area (Å²) in [6.07, 6.45) is 7.71.